The van der Waals surface area contributed by atoms with Crippen molar-refractivity contribution >= 4 is 11.3 Å². The smallest absolute Gasteiger partial charge is 0.0538 e. The lowest BCUT2D eigenvalue weighted by atomic mass is 9.87. The van der Waals surface area contributed by atoms with Crippen molar-refractivity contribution in [3.63, 3.8) is 0 Å². The van der Waals surface area contributed by atoms with Gasteiger partial charge in [-0.25, -0.2) is 0 Å². The van der Waals surface area contributed by atoms with Crippen LogP contribution in [0.4, 0.5) is 5.69 Å². The lowest BCUT2D eigenvalue weighted by Gasteiger charge is -2.43. The molecule has 3 rings (SSSR count). The van der Waals surface area contributed by atoms with E-state index in [4.69, 9.17) is 0 Å². The number of hydrogen-bond acceptors (Lipinski definition) is 1. The van der Waals surface area contributed by atoms with E-state index in [0.29, 0.717) is 0 Å². The molecule has 1 aliphatic rings. The first-order chi connectivity index (χ1) is 9.97. The summed E-state index contributed by atoms with van der Waals surface area (Å²) in [4.78, 5) is 2.50. The van der Waals surface area contributed by atoms with Crippen molar-refractivity contribution in [1.82, 2.24) is 0 Å². The molecule has 108 valence electrons. The molecule has 2 aromatic carbocycles. The Bertz CT molecular complexity index is 680. The Kier molecular flexibility index (Phi) is 3.36. The van der Waals surface area contributed by atoms with Crippen LogP contribution in [0.2, 0.25) is 0 Å². The highest BCUT2D eigenvalue weighted by molar-refractivity contribution is 5.81. The van der Waals surface area contributed by atoms with Gasteiger partial charge < -0.3 is 4.90 Å². The summed E-state index contributed by atoms with van der Waals surface area (Å²) in [6.07, 6.45) is 2.39. The molecule has 0 radical (unpaired) electrons. The number of allylic oxidation sites excluding steroid dienone is 1. The van der Waals surface area contributed by atoms with Gasteiger partial charge >= 0.3 is 0 Å². The third-order valence-electron chi connectivity index (χ3n) is 4.32. The third kappa shape index (κ3) is 2.61. The highest BCUT2D eigenvalue weighted by atomic mass is 15.2. The monoisotopic (exact) mass is 277 g/mol. The Morgan fingerprint density at radius 2 is 1.67 bits per heavy atom. The molecule has 0 bridgehead atoms. The quantitative estimate of drug-likeness (QED) is 0.729. The highest BCUT2D eigenvalue weighted by Crippen LogP contribution is 2.40. The van der Waals surface area contributed by atoms with Crippen LogP contribution < -0.4 is 4.90 Å². The number of hydrogen-bond donors (Lipinski definition) is 0. The molecule has 0 saturated carbocycles. The normalized spacial score (nSPS) is 16.4. The molecule has 1 nitrogen and oxygen atoms in total. The summed E-state index contributed by atoms with van der Waals surface area (Å²) in [6, 6.07) is 17.5. The SMILES string of the molecule is CC1=CC(C)(C)N(Cc2ccccc2)c2ccc(C)cc21. The zero-order valence-electron chi connectivity index (χ0n) is 13.4. The Hall–Kier alpha value is -2.02. The highest BCUT2D eigenvalue weighted by Gasteiger charge is 2.31. The molecule has 0 atom stereocenters. The van der Waals surface area contributed by atoms with Crippen LogP contribution in [-0.4, -0.2) is 5.54 Å². The van der Waals surface area contributed by atoms with E-state index < -0.39 is 0 Å². The number of benzene rings is 2. The summed E-state index contributed by atoms with van der Waals surface area (Å²) in [5, 5.41) is 0. The predicted molar refractivity (Wildman–Crippen MR) is 91.5 cm³/mol. The molecule has 0 spiro atoms. The maximum absolute atomic E-state index is 2.50. The molecular weight excluding hydrogens is 254 g/mol. The van der Waals surface area contributed by atoms with Gasteiger partial charge in [0.2, 0.25) is 0 Å². The van der Waals surface area contributed by atoms with Crippen LogP contribution in [0.5, 0.6) is 0 Å². The molecule has 1 heteroatoms. The first-order valence-electron chi connectivity index (χ1n) is 7.59. The first kappa shape index (κ1) is 13.9. The molecule has 2 aromatic rings. The molecule has 1 heterocycles. The fraction of sp³-hybridized carbons (Fsp3) is 0.300. The maximum Gasteiger partial charge on any atom is 0.0538 e. The van der Waals surface area contributed by atoms with Crippen LogP contribution in [0.1, 0.15) is 37.5 Å². The van der Waals surface area contributed by atoms with Crippen LogP contribution in [0.3, 0.4) is 0 Å². The molecule has 0 aromatic heterocycles. The molecule has 0 unspecified atom stereocenters. The van der Waals surface area contributed by atoms with Crippen molar-refractivity contribution < 1.29 is 0 Å². The molecule has 1 aliphatic heterocycles. The summed E-state index contributed by atoms with van der Waals surface area (Å²) < 4.78 is 0. The second-order valence-electron chi connectivity index (χ2n) is 6.57. The third-order valence-corrected chi connectivity index (χ3v) is 4.32. The van der Waals surface area contributed by atoms with E-state index in [-0.39, 0.29) is 5.54 Å². The summed E-state index contributed by atoms with van der Waals surface area (Å²) in [7, 11) is 0. The average molecular weight is 277 g/mol. The number of anilines is 1. The van der Waals surface area contributed by atoms with E-state index in [1.165, 1.54) is 28.0 Å². The van der Waals surface area contributed by atoms with E-state index in [2.05, 4.69) is 87.2 Å². The molecule has 0 N–H and O–H groups in total. The van der Waals surface area contributed by atoms with Gasteiger partial charge in [-0.05, 0) is 51.0 Å². The Morgan fingerprint density at radius 3 is 2.38 bits per heavy atom. The summed E-state index contributed by atoms with van der Waals surface area (Å²) in [5.41, 5.74) is 6.79. The van der Waals surface area contributed by atoms with Crippen molar-refractivity contribution in [2.75, 3.05) is 4.90 Å². The standard InChI is InChI=1S/C20H23N/c1-15-10-11-19-18(12-15)16(2)13-20(3,4)21(19)14-17-8-6-5-7-9-17/h5-13H,14H2,1-4H3. The van der Waals surface area contributed by atoms with Crippen LogP contribution in [-0.2, 0) is 6.54 Å². The Balaban J connectivity index is 2.07. The van der Waals surface area contributed by atoms with Gasteiger partial charge in [0.1, 0.15) is 0 Å². The molecule has 21 heavy (non-hydrogen) atoms. The van der Waals surface area contributed by atoms with E-state index in [1.54, 1.807) is 0 Å². The van der Waals surface area contributed by atoms with Gasteiger partial charge in [-0.3, -0.25) is 0 Å². The average Bonchev–Trinajstić information content (AvgIpc) is 2.44. The fourth-order valence-corrected chi connectivity index (χ4v) is 3.25. The largest absolute Gasteiger partial charge is 0.358 e. The maximum atomic E-state index is 2.50. The lowest BCUT2D eigenvalue weighted by Crippen LogP contribution is -2.44. The van der Waals surface area contributed by atoms with Crippen molar-refractivity contribution in [3.05, 3.63) is 71.3 Å². The summed E-state index contributed by atoms with van der Waals surface area (Å²) in [5.74, 6) is 0. The number of aryl methyl sites for hydroxylation is 1. The van der Waals surface area contributed by atoms with Crippen LogP contribution >= 0.6 is 0 Å². The van der Waals surface area contributed by atoms with Gasteiger partial charge in [-0.1, -0.05) is 48.0 Å². The molecule has 0 fully saturated rings. The van der Waals surface area contributed by atoms with Crippen LogP contribution in [0.25, 0.3) is 5.57 Å². The zero-order valence-corrected chi connectivity index (χ0v) is 13.4. The van der Waals surface area contributed by atoms with E-state index in [0.717, 1.165) is 6.54 Å². The molecular formula is C20H23N. The first-order valence-corrected chi connectivity index (χ1v) is 7.59. The van der Waals surface area contributed by atoms with Crippen molar-refractivity contribution in [3.8, 4) is 0 Å². The van der Waals surface area contributed by atoms with E-state index in [9.17, 15) is 0 Å². The summed E-state index contributed by atoms with van der Waals surface area (Å²) in [6.45, 7) is 9.91. The zero-order chi connectivity index (χ0) is 15.0. The van der Waals surface area contributed by atoms with Crippen LogP contribution in [0.15, 0.2) is 54.6 Å². The van der Waals surface area contributed by atoms with Gasteiger partial charge in [0.05, 0.1) is 5.54 Å². The number of fused-ring (bicyclic) bond motifs is 1. The molecule has 0 amide bonds. The summed E-state index contributed by atoms with van der Waals surface area (Å²) >= 11 is 0. The van der Waals surface area contributed by atoms with Crippen molar-refractivity contribution in [2.45, 2.75) is 39.8 Å². The van der Waals surface area contributed by atoms with Crippen LogP contribution in [0, 0.1) is 6.92 Å². The number of nitrogens with zero attached hydrogens (tertiary/aromatic N) is 1. The van der Waals surface area contributed by atoms with Gasteiger partial charge in [0.15, 0.2) is 0 Å². The van der Waals surface area contributed by atoms with E-state index in [1.807, 2.05) is 0 Å². The Morgan fingerprint density at radius 1 is 0.952 bits per heavy atom. The minimum absolute atomic E-state index is 0.0299. The van der Waals surface area contributed by atoms with Gasteiger partial charge in [0.25, 0.3) is 0 Å². The van der Waals surface area contributed by atoms with Gasteiger partial charge in [-0.15, -0.1) is 0 Å². The Labute approximate surface area is 127 Å². The van der Waals surface area contributed by atoms with Crippen molar-refractivity contribution in [1.29, 1.82) is 0 Å². The van der Waals surface area contributed by atoms with Crippen molar-refractivity contribution in [2.24, 2.45) is 0 Å². The van der Waals surface area contributed by atoms with E-state index >= 15 is 0 Å². The topological polar surface area (TPSA) is 3.24 Å². The molecule has 0 aliphatic carbocycles. The fourth-order valence-electron chi connectivity index (χ4n) is 3.25. The number of rotatable bonds is 2. The minimum atomic E-state index is 0.0299. The predicted octanol–water partition coefficient (Wildman–Crippen LogP) is 5.20. The van der Waals surface area contributed by atoms with Gasteiger partial charge in [0, 0.05) is 17.8 Å². The lowest BCUT2D eigenvalue weighted by molar-refractivity contribution is 0.552. The van der Waals surface area contributed by atoms with Gasteiger partial charge in [-0.2, -0.15) is 0 Å². The minimum Gasteiger partial charge on any atom is -0.358 e. The second kappa shape index (κ2) is 5.07. The molecule has 0 saturated heterocycles. The second-order valence-corrected chi connectivity index (χ2v) is 6.57.